The third-order valence-corrected chi connectivity index (χ3v) is 3.88. The van der Waals surface area contributed by atoms with Crippen LogP contribution in [0.5, 0.6) is 0 Å². The van der Waals surface area contributed by atoms with E-state index < -0.39 is 0 Å². The Labute approximate surface area is 110 Å². The van der Waals surface area contributed by atoms with Crippen LogP contribution in [-0.4, -0.2) is 25.8 Å². The van der Waals surface area contributed by atoms with Gasteiger partial charge in [-0.3, -0.25) is 0 Å². The minimum Gasteiger partial charge on any atom is -0.397 e. The fraction of sp³-hybridized carbons (Fsp3) is 0.600. The molecule has 0 aliphatic carbocycles. The van der Waals surface area contributed by atoms with Crippen LogP contribution >= 0.6 is 0 Å². The number of benzene rings is 1. The lowest BCUT2D eigenvalue weighted by Gasteiger charge is -2.35. The molecule has 1 aliphatic rings. The molecular weight excluding hydrogens is 224 g/mol. The first-order valence-electron chi connectivity index (χ1n) is 6.71. The van der Waals surface area contributed by atoms with Crippen molar-refractivity contribution in [3.63, 3.8) is 0 Å². The summed E-state index contributed by atoms with van der Waals surface area (Å²) in [6.07, 6.45) is 3.37. The molecule has 18 heavy (non-hydrogen) atoms. The highest BCUT2D eigenvalue weighted by atomic mass is 16.5. The zero-order valence-electron chi connectivity index (χ0n) is 11.7. The number of nitrogen functional groups attached to an aromatic ring is 1. The standard InChI is InChI=1S/C15H24N2O/c1-15(2,18-3)9-11-17-10-5-7-12-6-4-8-13(16)14(12)17/h4,6,8H,5,7,9-11,16H2,1-3H3. The second-order valence-corrected chi connectivity index (χ2v) is 5.66. The van der Waals surface area contributed by atoms with Crippen molar-refractivity contribution < 1.29 is 4.74 Å². The molecule has 0 amide bonds. The Morgan fingerprint density at radius 1 is 1.39 bits per heavy atom. The smallest absolute Gasteiger partial charge is 0.0639 e. The van der Waals surface area contributed by atoms with Gasteiger partial charge in [-0.1, -0.05) is 12.1 Å². The lowest BCUT2D eigenvalue weighted by molar-refractivity contribution is 0.0172. The highest BCUT2D eigenvalue weighted by Gasteiger charge is 2.22. The van der Waals surface area contributed by atoms with Gasteiger partial charge in [-0.2, -0.15) is 0 Å². The maximum absolute atomic E-state index is 6.13. The largest absolute Gasteiger partial charge is 0.397 e. The summed E-state index contributed by atoms with van der Waals surface area (Å²) in [5, 5.41) is 0. The summed E-state index contributed by atoms with van der Waals surface area (Å²) in [7, 11) is 1.78. The number of rotatable bonds is 4. The third-order valence-electron chi connectivity index (χ3n) is 3.88. The minimum atomic E-state index is -0.0683. The second kappa shape index (κ2) is 5.19. The van der Waals surface area contributed by atoms with Gasteiger partial charge >= 0.3 is 0 Å². The lowest BCUT2D eigenvalue weighted by Crippen LogP contribution is -2.35. The SMILES string of the molecule is COC(C)(C)CCN1CCCc2cccc(N)c21. The van der Waals surface area contributed by atoms with E-state index >= 15 is 0 Å². The number of methoxy groups -OCH3 is 1. The Kier molecular flexibility index (Phi) is 3.81. The summed E-state index contributed by atoms with van der Waals surface area (Å²) in [4.78, 5) is 2.41. The average molecular weight is 248 g/mol. The fourth-order valence-corrected chi connectivity index (χ4v) is 2.50. The Morgan fingerprint density at radius 2 is 2.17 bits per heavy atom. The molecule has 0 unspecified atom stereocenters. The Hall–Kier alpha value is -1.22. The third kappa shape index (κ3) is 2.78. The number of aryl methyl sites for hydroxylation is 1. The molecule has 3 nitrogen and oxygen atoms in total. The molecule has 0 atom stereocenters. The molecule has 0 radical (unpaired) electrons. The fourth-order valence-electron chi connectivity index (χ4n) is 2.50. The molecule has 100 valence electrons. The number of nitrogens with two attached hydrogens (primary N) is 1. The van der Waals surface area contributed by atoms with E-state index in [1.165, 1.54) is 17.7 Å². The van der Waals surface area contributed by atoms with Gasteiger partial charge in [0.25, 0.3) is 0 Å². The summed E-state index contributed by atoms with van der Waals surface area (Å²) >= 11 is 0. The van der Waals surface area contributed by atoms with Crippen LogP contribution in [0.1, 0.15) is 32.3 Å². The molecule has 0 saturated heterocycles. The predicted octanol–water partition coefficient (Wildman–Crippen LogP) is 2.84. The van der Waals surface area contributed by atoms with E-state index in [0.29, 0.717) is 0 Å². The van der Waals surface area contributed by atoms with Crippen molar-refractivity contribution in [1.29, 1.82) is 0 Å². The summed E-state index contributed by atoms with van der Waals surface area (Å²) in [5.74, 6) is 0. The van der Waals surface area contributed by atoms with Crippen LogP contribution < -0.4 is 10.6 Å². The first kappa shape index (κ1) is 13.2. The molecule has 0 aromatic heterocycles. The van der Waals surface area contributed by atoms with Crippen molar-refractivity contribution in [3.8, 4) is 0 Å². The van der Waals surface area contributed by atoms with Gasteiger partial charge in [0.1, 0.15) is 0 Å². The van der Waals surface area contributed by atoms with Crippen LogP contribution in [0.2, 0.25) is 0 Å². The molecule has 0 spiro atoms. The van der Waals surface area contributed by atoms with Gasteiger partial charge in [-0.05, 0) is 44.7 Å². The maximum atomic E-state index is 6.13. The van der Waals surface area contributed by atoms with E-state index in [4.69, 9.17) is 10.5 Å². The van der Waals surface area contributed by atoms with Gasteiger partial charge in [0.05, 0.1) is 17.0 Å². The van der Waals surface area contributed by atoms with E-state index in [2.05, 4.69) is 30.9 Å². The van der Waals surface area contributed by atoms with E-state index in [-0.39, 0.29) is 5.60 Å². The number of nitrogens with zero attached hydrogens (tertiary/aromatic N) is 1. The van der Waals surface area contributed by atoms with E-state index in [1.54, 1.807) is 7.11 Å². The zero-order valence-corrected chi connectivity index (χ0v) is 11.7. The number of ether oxygens (including phenoxy) is 1. The van der Waals surface area contributed by atoms with Crippen LogP contribution in [0.15, 0.2) is 18.2 Å². The molecule has 1 aliphatic heterocycles. The summed E-state index contributed by atoms with van der Waals surface area (Å²) in [6.45, 7) is 6.36. The highest BCUT2D eigenvalue weighted by molar-refractivity contribution is 5.72. The quantitative estimate of drug-likeness (QED) is 0.833. The molecule has 1 heterocycles. The summed E-state index contributed by atoms with van der Waals surface area (Å²) in [5.41, 5.74) is 9.60. The topological polar surface area (TPSA) is 38.5 Å². The van der Waals surface area contributed by atoms with Crippen molar-refractivity contribution in [3.05, 3.63) is 23.8 Å². The van der Waals surface area contributed by atoms with Crippen molar-refractivity contribution in [2.75, 3.05) is 30.8 Å². The molecule has 0 saturated carbocycles. The molecule has 2 N–H and O–H groups in total. The lowest BCUT2D eigenvalue weighted by atomic mass is 9.98. The second-order valence-electron chi connectivity index (χ2n) is 5.66. The number of para-hydroxylation sites is 1. The zero-order chi connectivity index (χ0) is 13.2. The molecule has 0 bridgehead atoms. The first-order chi connectivity index (χ1) is 8.53. The van der Waals surface area contributed by atoms with Crippen LogP contribution in [-0.2, 0) is 11.2 Å². The summed E-state index contributed by atoms with van der Waals surface area (Å²) in [6, 6.07) is 6.24. The molecule has 1 aromatic rings. The normalized spacial score (nSPS) is 15.6. The van der Waals surface area contributed by atoms with Crippen molar-refractivity contribution >= 4 is 11.4 Å². The number of hydrogen-bond donors (Lipinski definition) is 1. The monoisotopic (exact) mass is 248 g/mol. The van der Waals surface area contributed by atoms with Crippen LogP contribution in [0.25, 0.3) is 0 Å². The van der Waals surface area contributed by atoms with Crippen molar-refractivity contribution in [2.24, 2.45) is 0 Å². The van der Waals surface area contributed by atoms with Gasteiger partial charge in [0.15, 0.2) is 0 Å². The van der Waals surface area contributed by atoms with E-state index in [9.17, 15) is 0 Å². The van der Waals surface area contributed by atoms with Crippen molar-refractivity contribution in [2.45, 2.75) is 38.7 Å². The molecule has 2 rings (SSSR count). The van der Waals surface area contributed by atoms with Crippen LogP contribution in [0.3, 0.4) is 0 Å². The van der Waals surface area contributed by atoms with Crippen LogP contribution in [0.4, 0.5) is 11.4 Å². The Morgan fingerprint density at radius 3 is 2.89 bits per heavy atom. The number of anilines is 2. The summed E-state index contributed by atoms with van der Waals surface area (Å²) < 4.78 is 5.49. The van der Waals surface area contributed by atoms with Gasteiger partial charge in [0.2, 0.25) is 0 Å². The number of hydrogen-bond acceptors (Lipinski definition) is 3. The highest BCUT2D eigenvalue weighted by Crippen LogP contribution is 2.33. The number of fused-ring (bicyclic) bond motifs is 1. The van der Waals surface area contributed by atoms with Gasteiger partial charge in [0, 0.05) is 20.2 Å². The predicted molar refractivity (Wildman–Crippen MR) is 77.1 cm³/mol. The van der Waals surface area contributed by atoms with Gasteiger partial charge in [-0.15, -0.1) is 0 Å². The Bertz CT molecular complexity index is 415. The van der Waals surface area contributed by atoms with E-state index in [0.717, 1.165) is 31.6 Å². The van der Waals surface area contributed by atoms with Crippen LogP contribution in [0, 0.1) is 0 Å². The van der Waals surface area contributed by atoms with E-state index in [1.807, 2.05) is 6.07 Å². The van der Waals surface area contributed by atoms with Gasteiger partial charge < -0.3 is 15.4 Å². The van der Waals surface area contributed by atoms with Gasteiger partial charge in [-0.25, -0.2) is 0 Å². The molecule has 1 aromatic carbocycles. The molecule has 0 fully saturated rings. The average Bonchev–Trinajstić information content (AvgIpc) is 2.37. The minimum absolute atomic E-state index is 0.0683. The molecule has 3 heteroatoms. The first-order valence-corrected chi connectivity index (χ1v) is 6.71. The maximum Gasteiger partial charge on any atom is 0.0639 e. The Balaban J connectivity index is 2.13. The molecular formula is C15H24N2O. The van der Waals surface area contributed by atoms with Crippen molar-refractivity contribution in [1.82, 2.24) is 0 Å².